The molecule has 0 atom stereocenters. The zero-order chi connectivity index (χ0) is 15.2. The van der Waals surface area contributed by atoms with E-state index in [-0.39, 0.29) is 0 Å². The van der Waals surface area contributed by atoms with Gasteiger partial charge in [-0.3, -0.25) is 4.68 Å². The van der Waals surface area contributed by atoms with Gasteiger partial charge in [0.1, 0.15) is 17.5 Å². The lowest BCUT2D eigenvalue weighted by atomic mass is 10.3. The maximum absolute atomic E-state index is 4.66. The molecule has 0 unspecified atom stereocenters. The third-order valence-corrected chi connectivity index (χ3v) is 3.16. The van der Waals surface area contributed by atoms with Crippen LogP contribution in [0.15, 0.2) is 18.5 Å². The summed E-state index contributed by atoms with van der Waals surface area (Å²) in [4.78, 5) is 11.3. The van der Waals surface area contributed by atoms with Gasteiger partial charge in [0, 0.05) is 51.4 Å². The van der Waals surface area contributed by atoms with Crippen molar-refractivity contribution in [1.29, 1.82) is 0 Å². The molecule has 2 aromatic heterocycles. The summed E-state index contributed by atoms with van der Waals surface area (Å²) in [6.45, 7) is 5.85. The number of hydrogen-bond acceptors (Lipinski definition) is 5. The van der Waals surface area contributed by atoms with Crippen molar-refractivity contribution in [1.82, 2.24) is 19.7 Å². The standard InChI is InChI=1S/C15H24N6/c1-5-7-13-18-14(16-6-2)8-15(19-13)20(3)10-12-9-17-21(4)11-12/h8-9,11H,5-7,10H2,1-4H3,(H,16,18,19). The van der Waals surface area contributed by atoms with Gasteiger partial charge in [-0.2, -0.15) is 5.10 Å². The fourth-order valence-electron chi connectivity index (χ4n) is 2.19. The molecule has 114 valence electrons. The summed E-state index contributed by atoms with van der Waals surface area (Å²) >= 11 is 0. The molecule has 2 rings (SSSR count). The number of aromatic nitrogens is 4. The molecule has 1 N–H and O–H groups in total. The van der Waals surface area contributed by atoms with Crippen LogP contribution in [0.4, 0.5) is 11.6 Å². The van der Waals surface area contributed by atoms with E-state index in [1.165, 1.54) is 5.56 Å². The van der Waals surface area contributed by atoms with Gasteiger partial charge < -0.3 is 10.2 Å². The highest BCUT2D eigenvalue weighted by Crippen LogP contribution is 2.17. The Kier molecular flexibility index (Phi) is 5.14. The molecule has 0 aliphatic carbocycles. The van der Waals surface area contributed by atoms with Crippen molar-refractivity contribution in [2.24, 2.45) is 7.05 Å². The van der Waals surface area contributed by atoms with E-state index in [9.17, 15) is 0 Å². The summed E-state index contributed by atoms with van der Waals surface area (Å²) in [6.07, 6.45) is 5.85. The third-order valence-electron chi connectivity index (χ3n) is 3.16. The van der Waals surface area contributed by atoms with Gasteiger partial charge in [-0.25, -0.2) is 9.97 Å². The SMILES string of the molecule is CCCc1nc(NCC)cc(N(C)Cc2cnn(C)c2)n1. The maximum atomic E-state index is 4.66. The van der Waals surface area contributed by atoms with Crippen molar-refractivity contribution < 1.29 is 0 Å². The highest BCUT2D eigenvalue weighted by atomic mass is 15.2. The van der Waals surface area contributed by atoms with Crippen molar-refractivity contribution in [2.45, 2.75) is 33.2 Å². The Labute approximate surface area is 126 Å². The second-order valence-electron chi connectivity index (χ2n) is 5.19. The predicted molar refractivity (Wildman–Crippen MR) is 85.5 cm³/mol. The van der Waals surface area contributed by atoms with Gasteiger partial charge in [0.25, 0.3) is 0 Å². The number of rotatable bonds is 7. The van der Waals surface area contributed by atoms with Gasteiger partial charge in [0.2, 0.25) is 0 Å². The number of anilines is 2. The molecule has 6 nitrogen and oxygen atoms in total. The molecule has 0 spiro atoms. The second-order valence-corrected chi connectivity index (χ2v) is 5.19. The average molecular weight is 288 g/mol. The van der Waals surface area contributed by atoms with E-state index >= 15 is 0 Å². The Balaban J connectivity index is 2.19. The number of nitrogens with zero attached hydrogens (tertiary/aromatic N) is 5. The summed E-state index contributed by atoms with van der Waals surface area (Å²) in [7, 11) is 3.97. The van der Waals surface area contributed by atoms with E-state index in [1.54, 1.807) is 0 Å². The van der Waals surface area contributed by atoms with E-state index in [0.29, 0.717) is 0 Å². The largest absolute Gasteiger partial charge is 0.370 e. The van der Waals surface area contributed by atoms with E-state index in [4.69, 9.17) is 0 Å². The minimum atomic E-state index is 0.780. The van der Waals surface area contributed by atoms with Crippen LogP contribution in [0, 0.1) is 0 Å². The van der Waals surface area contributed by atoms with Crippen LogP contribution in [0.3, 0.4) is 0 Å². The first-order chi connectivity index (χ1) is 10.1. The predicted octanol–water partition coefficient (Wildman–Crippen LogP) is 2.23. The van der Waals surface area contributed by atoms with Gasteiger partial charge in [-0.05, 0) is 13.3 Å². The maximum Gasteiger partial charge on any atom is 0.134 e. The fraction of sp³-hybridized carbons (Fsp3) is 0.533. The highest BCUT2D eigenvalue weighted by molar-refractivity contribution is 5.49. The Morgan fingerprint density at radius 2 is 2.10 bits per heavy atom. The normalized spacial score (nSPS) is 10.7. The molecule has 0 aliphatic rings. The van der Waals surface area contributed by atoms with Gasteiger partial charge in [0.15, 0.2) is 0 Å². The van der Waals surface area contributed by atoms with Crippen molar-refractivity contribution in [3.8, 4) is 0 Å². The lowest BCUT2D eigenvalue weighted by Crippen LogP contribution is -2.19. The first kappa shape index (κ1) is 15.3. The van der Waals surface area contributed by atoms with Gasteiger partial charge >= 0.3 is 0 Å². The molecule has 0 bridgehead atoms. The fourth-order valence-corrected chi connectivity index (χ4v) is 2.19. The molecule has 0 radical (unpaired) electrons. The topological polar surface area (TPSA) is 58.9 Å². The molecule has 0 aromatic carbocycles. The molecule has 6 heteroatoms. The lowest BCUT2D eigenvalue weighted by molar-refractivity contribution is 0.766. The highest BCUT2D eigenvalue weighted by Gasteiger charge is 2.09. The zero-order valence-electron chi connectivity index (χ0n) is 13.3. The molecule has 0 amide bonds. The van der Waals surface area contributed by atoms with Crippen molar-refractivity contribution in [2.75, 3.05) is 23.8 Å². The molecule has 21 heavy (non-hydrogen) atoms. The van der Waals surface area contributed by atoms with Crippen LogP contribution >= 0.6 is 0 Å². The first-order valence-corrected chi connectivity index (χ1v) is 7.42. The smallest absolute Gasteiger partial charge is 0.134 e. The van der Waals surface area contributed by atoms with Crippen molar-refractivity contribution in [3.05, 3.63) is 29.8 Å². The number of aryl methyl sites for hydroxylation is 2. The van der Waals surface area contributed by atoms with Gasteiger partial charge in [-0.15, -0.1) is 0 Å². The number of hydrogen-bond donors (Lipinski definition) is 1. The lowest BCUT2D eigenvalue weighted by Gasteiger charge is -2.19. The molecular formula is C15H24N6. The Bertz CT molecular complexity index is 553. The summed E-state index contributed by atoms with van der Waals surface area (Å²) < 4.78 is 1.82. The van der Waals surface area contributed by atoms with E-state index in [1.807, 2.05) is 37.2 Å². The Morgan fingerprint density at radius 3 is 2.71 bits per heavy atom. The van der Waals surface area contributed by atoms with Crippen LogP contribution in [0.2, 0.25) is 0 Å². The zero-order valence-corrected chi connectivity index (χ0v) is 13.3. The summed E-state index contributed by atoms with van der Waals surface area (Å²) in [5.74, 6) is 2.72. The van der Waals surface area contributed by atoms with Gasteiger partial charge in [-0.1, -0.05) is 6.92 Å². The third kappa shape index (κ3) is 4.18. The van der Waals surface area contributed by atoms with E-state index in [0.717, 1.165) is 43.4 Å². The molecule has 2 aromatic rings. The monoisotopic (exact) mass is 288 g/mol. The van der Waals surface area contributed by atoms with Crippen molar-refractivity contribution in [3.63, 3.8) is 0 Å². The van der Waals surface area contributed by atoms with Crippen LogP contribution in [-0.2, 0) is 20.0 Å². The molecule has 0 aliphatic heterocycles. The molecule has 0 fully saturated rings. The molecule has 2 heterocycles. The minimum absolute atomic E-state index is 0.780. The van der Waals surface area contributed by atoms with Crippen LogP contribution < -0.4 is 10.2 Å². The minimum Gasteiger partial charge on any atom is -0.370 e. The molecule has 0 saturated heterocycles. The molecule has 0 saturated carbocycles. The van der Waals surface area contributed by atoms with Crippen LogP contribution in [0.25, 0.3) is 0 Å². The first-order valence-electron chi connectivity index (χ1n) is 7.42. The van der Waals surface area contributed by atoms with E-state index < -0.39 is 0 Å². The number of nitrogens with one attached hydrogen (secondary N) is 1. The quantitative estimate of drug-likeness (QED) is 0.846. The van der Waals surface area contributed by atoms with Crippen molar-refractivity contribution >= 4 is 11.6 Å². The molecular weight excluding hydrogens is 264 g/mol. The Hall–Kier alpha value is -2.11. The van der Waals surface area contributed by atoms with E-state index in [2.05, 4.69) is 39.1 Å². The Morgan fingerprint density at radius 1 is 1.29 bits per heavy atom. The van der Waals surface area contributed by atoms with Crippen LogP contribution in [0.1, 0.15) is 31.7 Å². The van der Waals surface area contributed by atoms with Crippen LogP contribution in [0.5, 0.6) is 0 Å². The van der Waals surface area contributed by atoms with Gasteiger partial charge in [0.05, 0.1) is 6.20 Å². The summed E-state index contributed by atoms with van der Waals surface area (Å²) in [5.41, 5.74) is 1.17. The summed E-state index contributed by atoms with van der Waals surface area (Å²) in [5, 5.41) is 7.48. The summed E-state index contributed by atoms with van der Waals surface area (Å²) in [6, 6.07) is 2.00. The van der Waals surface area contributed by atoms with Crippen LogP contribution in [-0.4, -0.2) is 33.3 Å². The average Bonchev–Trinajstić information content (AvgIpc) is 2.84. The second kappa shape index (κ2) is 7.06.